The summed E-state index contributed by atoms with van der Waals surface area (Å²) in [5, 5.41) is 3.98. The zero-order chi connectivity index (χ0) is 18.7. The van der Waals surface area contributed by atoms with E-state index in [0.29, 0.717) is 30.0 Å². The molecule has 27 heavy (non-hydrogen) atoms. The van der Waals surface area contributed by atoms with Gasteiger partial charge in [-0.1, -0.05) is 12.7 Å². The molecular weight excluding hydrogens is 344 g/mol. The summed E-state index contributed by atoms with van der Waals surface area (Å²) in [6.07, 6.45) is 5.61. The summed E-state index contributed by atoms with van der Waals surface area (Å²) in [7, 11) is 0. The van der Waals surface area contributed by atoms with Gasteiger partial charge in [-0.3, -0.25) is 9.69 Å². The first-order valence-corrected chi connectivity index (χ1v) is 9.52. The Morgan fingerprint density at radius 1 is 1.33 bits per heavy atom. The topological polar surface area (TPSA) is 63.9 Å². The van der Waals surface area contributed by atoms with Gasteiger partial charge in [0, 0.05) is 37.2 Å². The van der Waals surface area contributed by atoms with Crippen LogP contribution in [0, 0.1) is 5.41 Å². The number of amides is 1. The summed E-state index contributed by atoms with van der Waals surface area (Å²) in [4.78, 5) is 15.2. The minimum atomic E-state index is -0.0926. The van der Waals surface area contributed by atoms with E-state index in [1.165, 1.54) is 0 Å². The van der Waals surface area contributed by atoms with Gasteiger partial charge in [-0.05, 0) is 31.0 Å². The van der Waals surface area contributed by atoms with Crippen LogP contribution in [-0.4, -0.2) is 56.8 Å². The van der Waals surface area contributed by atoms with E-state index in [1.54, 1.807) is 24.5 Å². The molecule has 0 bridgehead atoms. The van der Waals surface area contributed by atoms with Crippen molar-refractivity contribution in [2.24, 2.45) is 5.41 Å². The highest BCUT2D eigenvalue weighted by Gasteiger charge is 2.44. The van der Waals surface area contributed by atoms with Crippen molar-refractivity contribution in [3.05, 3.63) is 42.7 Å². The lowest BCUT2D eigenvalue weighted by Gasteiger charge is -2.30. The Bertz CT molecular complexity index is 819. The standard InChI is InChI=1S/C21H26N2O4/c1-2-8-26-18-12-16(13-19-17(18)3-9-27-19)20(24)22-14-21(4-5-21)15-23-6-10-25-11-7-23/h2-3,9,12-13H,1,4-8,10-11,14-15H2,(H,22,24). The highest BCUT2D eigenvalue weighted by Crippen LogP contribution is 2.45. The maximum absolute atomic E-state index is 12.7. The fourth-order valence-electron chi connectivity index (χ4n) is 3.61. The number of morpholine rings is 1. The average molecular weight is 370 g/mol. The van der Waals surface area contributed by atoms with Gasteiger partial charge in [0.1, 0.15) is 17.9 Å². The first-order valence-electron chi connectivity index (χ1n) is 9.52. The molecule has 6 nitrogen and oxygen atoms in total. The minimum Gasteiger partial charge on any atom is -0.489 e. The molecule has 2 fully saturated rings. The molecule has 1 aromatic heterocycles. The molecule has 1 amide bonds. The predicted molar refractivity (Wildman–Crippen MR) is 103 cm³/mol. The summed E-state index contributed by atoms with van der Waals surface area (Å²) in [5.41, 5.74) is 1.42. The number of nitrogens with one attached hydrogen (secondary N) is 1. The van der Waals surface area contributed by atoms with E-state index in [9.17, 15) is 4.79 Å². The number of ether oxygens (including phenoxy) is 2. The van der Waals surface area contributed by atoms with Crippen LogP contribution < -0.4 is 10.1 Å². The molecule has 2 aromatic rings. The second kappa shape index (κ2) is 7.74. The number of nitrogens with zero attached hydrogens (tertiary/aromatic N) is 1. The van der Waals surface area contributed by atoms with Gasteiger partial charge in [0.15, 0.2) is 0 Å². The molecule has 1 N–H and O–H groups in total. The number of furan rings is 1. The molecule has 1 aromatic carbocycles. The fraction of sp³-hybridized carbons (Fsp3) is 0.476. The van der Waals surface area contributed by atoms with Crippen molar-refractivity contribution in [3.8, 4) is 5.75 Å². The van der Waals surface area contributed by atoms with Crippen LogP contribution in [0.15, 0.2) is 41.5 Å². The lowest BCUT2D eigenvalue weighted by atomic mass is 10.1. The Balaban J connectivity index is 1.41. The molecule has 4 rings (SSSR count). The lowest BCUT2D eigenvalue weighted by molar-refractivity contribution is 0.0283. The van der Waals surface area contributed by atoms with Gasteiger partial charge in [0.05, 0.1) is 24.9 Å². The second-order valence-corrected chi connectivity index (χ2v) is 7.48. The maximum atomic E-state index is 12.7. The third-order valence-corrected chi connectivity index (χ3v) is 5.40. The van der Waals surface area contributed by atoms with Crippen molar-refractivity contribution in [2.45, 2.75) is 12.8 Å². The van der Waals surface area contributed by atoms with E-state index in [4.69, 9.17) is 13.9 Å². The first-order chi connectivity index (χ1) is 13.2. The Kier molecular flexibility index (Phi) is 5.18. The van der Waals surface area contributed by atoms with Crippen LogP contribution >= 0.6 is 0 Å². The van der Waals surface area contributed by atoms with Crippen LogP contribution in [0.2, 0.25) is 0 Å². The average Bonchev–Trinajstić information content (AvgIpc) is 3.28. The third-order valence-electron chi connectivity index (χ3n) is 5.40. The zero-order valence-corrected chi connectivity index (χ0v) is 15.5. The normalized spacial score (nSPS) is 19.0. The van der Waals surface area contributed by atoms with Crippen LogP contribution in [0.3, 0.4) is 0 Å². The van der Waals surface area contributed by atoms with Gasteiger partial charge < -0.3 is 19.2 Å². The SMILES string of the molecule is C=CCOc1cc(C(=O)NCC2(CN3CCOCC3)CC2)cc2occc12. The summed E-state index contributed by atoms with van der Waals surface area (Å²) in [5.74, 6) is 0.547. The van der Waals surface area contributed by atoms with Crippen molar-refractivity contribution >= 4 is 16.9 Å². The van der Waals surface area contributed by atoms with Crippen LogP contribution in [0.5, 0.6) is 5.75 Å². The molecule has 0 atom stereocenters. The summed E-state index contributed by atoms with van der Waals surface area (Å²) >= 11 is 0. The number of rotatable bonds is 8. The van der Waals surface area contributed by atoms with Gasteiger partial charge in [0.25, 0.3) is 5.91 Å². The molecule has 1 aliphatic heterocycles. The number of carbonyl (C=O) groups excluding carboxylic acids is 1. The molecule has 6 heteroatoms. The molecule has 1 aliphatic carbocycles. The lowest BCUT2D eigenvalue weighted by Crippen LogP contribution is -2.43. The van der Waals surface area contributed by atoms with Crippen LogP contribution in [0.4, 0.5) is 0 Å². The quantitative estimate of drug-likeness (QED) is 0.724. The predicted octanol–water partition coefficient (Wildman–Crippen LogP) is 2.84. The third kappa shape index (κ3) is 4.17. The van der Waals surface area contributed by atoms with E-state index in [1.807, 2.05) is 6.07 Å². The Hall–Kier alpha value is -2.31. The van der Waals surface area contributed by atoms with Crippen molar-refractivity contribution in [1.29, 1.82) is 0 Å². The fourth-order valence-corrected chi connectivity index (χ4v) is 3.61. The smallest absolute Gasteiger partial charge is 0.251 e. The minimum absolute atomic E-state index is 0.0926. The van der Waals surface area contributed by atoms with Gasteiger partial charge in [-0.2, -0.15) is 0 Å². The molecule has 1 saturated carbocycles. The first kappa shape index (κ1) is 18.1. The van der Waals surface area contributed by atoms with E-state index in [0.717, 1.165) is 51.1 Å². The van der Waals surface area contributed by atoms with Crippen LogP contribution in [0.1, 0.15) is 23.2 Å². The number of hydrogen-bond acceptors (Lipinski definition) is 5. The van der Waals surface area contributed by atoms with Crippen molar-refractivity contribution in [2.75, 3.05) is 46.0 Å². The highest BCUT2D eigenvalue weighted by atomic mass is 16.5. The number of benzene rings is 1. The molecule has 1 saturated heterocycles. The van der Waals surface area contributed by atoms with E-state index < -0.39 is 0 Å². The monoisotopic (exact) mass is 370 g/mol. The number of hydrogen-bond donors (Lipinski definition) is 1. The van der Waals surface area contributed by atoms with Crippen molar-refractivity contribution in [3.63, 3.8) is 0 Å². The van der Waals surface area contributed by atoms with Gasteiger partial charge >= 0.3 is 0 Å². The highest BCUT2D eigenvalue weighted by molar-refractivity contribution is 5.99. The van der Waals surface area contributed by atoms with Gasteiger partial charge in [0.2, 0.25) is 0 Å². The Morgan fingerprint density at radius 2 is 2.15 bits per heavy atom. The van der Waals surface area contributed by atoms with E-state index in [2.05, 4.69) is 16.8 Å². The number of fused-ring (bicyclic) bond motifs is 1. The van der Waals surface area contributed by atoms with Gasteiger partial charge in [-0.15, -0.1) is 0 Å². The maximum Gasteiger partial charge on any atom is 0.251 e. The molecule has 2 aliphatic rings. The molecule has 0 spiro atoms. The Labute approximate surface area is 159 Å². The van der Waals surface area contributed by atoms with Crippen LogP contribution in [-0.2, 0) is 4.74 Å². The van der Waals surface area contributed by atoms with Crippen molar-refractivity contribution < 1.29 is 18.7 Å². The summed E-state index contributed by atoms with van der Waals surface area (Å²) in [6.45, 7) is 9.35. The zero-order valence-electron chi connectivity index (χ0n) is 15.5. The largest absolute Gasteiger partial charge is 0.489 e. The summed E-state index contributed by atoms with van der Waals surface area (Å²) < 4.78 is 16.6. The molecular formula is C21H26N2O4. The Morgan fingerprint density at radius 3 is 2.89 bits per heavy atom. The molecule has 0 unspecified atom stereocenters. The molecule has 0 radical (unpaired) electrons. The number of carbonyl (C=O) groups is 1. The van der Waals surface area contributed by atoms with Gasteiger partial charge in [-0.25, -0.2) is 0 Å². The van der Waals surface area contributed by atoms with E-state index in [-0.39, 0.29) is 11.3 Å². The van der Waals surface area contributed by atoms with Crippen LogP contribution in [0.25, 0.3) is 11.0 Å². The van der Waals surface area contributed by atoms with E-state index >= 15 is 0 Å². The molecule has 2 heterocycles. The van der Waals surface area contributed by atoms with Crippen molar-refractivity contribution in [1.82, 2.24) is 10.2 Å². The second-order valence-electron chi connectivity index (χ2n) is 7.48. The summed E-state index contributed by atoms with van der Waals surface area (Å²) in [6, 6.07) is 5.39. The molecule has 144 valence electrons.